The van der Waals surface area contributed by atoms with Crippen molar-refractivity contribution in [3.8, 4) is 0 Å². The lowest BCUT2D eigenvalue weighted by Crippen LogP contribution is -2.36. The summed E-state index contributed by atoms with van der Waals surface area (Å²) in [4.78, 5) is 0. The molecule has 0 aromatic rings. The minimum atomic E-state index is 0.501. The standard InChI is InChI=1S/C10H18/c1-5-9-7-10(4,6-2)8(9)3/h9H,3,5-7H2,1-2,4H3. The maximum absolute atomic E-state index is 4.14. The Morgan fingerprint density at radius 1 is 1.60 bits per heavy atom. The fourth-order valence-corrected chi connectivity index (χ4v) is 1.92. The van der Waals surface area contributed by atoms with E-state index in [4.69, 9.17) is 0 Å². The van der Waals surface area contributed by atoms with Crippen LogP contribution in [0.2, 0.25) is 0 Å². The zero-order valence-corrected chi connectivity index (χ0v) is 7.41. The zero-order chi connectivity index (χ0) is 7.78. The lowest BCUT2D eigenvalue weighted by Gasteiger charge is -2.47. The molecule has 0 aliphatic heterocycles. The van der Waals surface area contributed by atoms with E-state index in [1.165, 1.54) is 24.8 Å². The van der Waals surface area contributed by atoms with E-state index in [2.05, 4.69) is 27.4 Å². The Balaban J connectivity index is 2.53. The molecule has 1 fully saturated rings. The van der Waals surface area contributed by atoms with Gasteiger partial charge in [0.15, 0.2) is 0 Å². The van der Waals surface area contributed by atoms with Crippen molar-refractivity contribution in [3.05, 3.63) is 12.2 Å². The summed E-state index contributed by atoms with van der Waals surface area (Å²) in [5.74, 6) is 0.838. The van der Waals surface area contributed by atoms with Crippen LogP contribution in [0, 0.1) is 11.3 Å². The molecule has 0 aromatic heterocycles. The molecule has 0 radical (unpaired) electrons. The highest BCUT2D eigenvalue weighted by Gasteiger charge is 2.41. The second kappa shape index (κ2) is 2.41. The van der Waals surface area contributed by atoms with Crippen molar-refractivity contribution in [2.75, 3.05) is 0 Å². The summed E-state index contributed by atoms with van der Waals surface area (Å²) in [6, 6.07) is 0. The molecule has 2 atom stereocenters. The maximum atomic E-state index is 4.14. The summed E-state index contributed by atoms with van der Waals surface area (Å²) < 4.78 is 0. The first-order valence-electron chi connectivity index (χ1n) is 4.33. The van der Waals surface area contributed by atoms with Crippen LogP contribution < -0.4 is 0 Å². The Kier molecular flexibility index (Phi) is 1.89. The number of rotatable bonds is 2. The van der Waals surface area contributed by atoms with Crippen molar-refractivity contribution in [3.63, 3.8) is 0 Å². The first kappa shape index (κ1) is 7.84. The fourth-order valence-electron chi connectivity index (χ4n) is 1.92. The normalized spacial score (nSPS) is 39.5. The van der Waals surface area contributed by atoms with Crippen LogP contribution in [0.1, 0.15) is 40.0 Å². The van der Waals surface area contributed by atoms with Crippen LogP contribution in [0.15, 0.2) is 12.2 Å². The summed E-state index contributed by atoms with van der Waals surface area (Å²) >= 11 is 0. The van der Waals surface area contributed by atoms with Gasteiger partial charge in [0.1, 0.15) is 0 Å². The van der Waals surface area contributed by atoms with Gasteiger partial charge in [-0.15, -0.1) is 0 Å². The molecule has 1 saturated carbocycles. The molecule has 0 heterocycles. The van der Waals surface area contributed by atoms with Gasteiger partial charge < -0.3 is 0 Å². The Morgan fingerprint density at radius 2 is 2.20 bits per heavy atom. The molecule has 1 rings (SSSR count). The SMILES string of the molecule is C=C1C(CC)CC1(C)CC. The Hall–Kier alpha value is -0.260. The summed E-state index contributed by atoms with van der Waals surface area (Å²) in [5.41, 5.74) is 2.00. The van der Waals surface area contributed by atoms with Gasteiger partial charge in [-0.3, -0.25) is 0 Å². The average molecular weight is 138 g/mol. The minimum absolute atomic E-state index is 0.501. The molecule has 0 saturated heterocycles. The molecule has 0 spiro atoms. The molecule has 1 aliphatic rings. The Bertz CT molecular complexity index is 146. The minimum Gasteiger partial charge on any atom is -0.0990 e. The number of hydrogen-bond donors (Lipinski definition) is 0. The molecular formula is C10H18. The maximum Gasteiger partial charge on any atom is -0.0113 e. The quantitative estimate of drug-likeness (QED) is 0.513. The largest absolute Gasteiger partial charge is 0.0990 e. The average Bonchev–Trinajstić information content (AvgIpc) is 1.98. The summed E-state index contributed by atoms with van der Waals surface area (Å²) in [6.07, 6.45) is 3.93. The van der Waals surface area contributed by atoms with Crippen molar-refractivity contribution < 1.29 is 0 Å². The van der Waals surface area contributed by atoms with Gasteiger partial charge in [-0.25, -0.2) is 0 Å². The van der Waals surface area contributed by atoms with E-state index in [-0.39, 0.29) is 0 Å². The number of allylic oxidation sites excluding steroid dienone is 1. The summed E-state index contributed by atoms with van der Waals surface area (Å²) in [6.45, 7) is 11.0. The van der Waals surface area contributed by atoms with E-state index < -0.39 is 0 Å². The van der Waals surface area contributed by atoms with Gasteiger partial charge in [0.25, 0.3) is 0 Å². The van der Waals surface area contributed by atoms with Crippen molar-refractivity contribution >= 4 is 0 Å². The molecular weight excluding hydrogens is 120 g/mol. The second-order valence-electron chi connectivity index (χ2n) is 3.75. The Labute approximate surface area is 64.3 Å². The fraction of sp³-hybridized carbons (Fsp3) is 0.800. The van der Waals surface area contributed by atoms with Crippen molar-refractivity contribution in [1.82, 2.24) is 0 Å². The predicted octanol–water partition coefficient (Wildman–Crippen LogP) is 3.39. The highest BCUT2D eigenvalue weighted by Crippen LogP contribution is 2.52. The molecule has 0 aromatic carbocycles. The third kappa shape index (κ3) is 0.902. The van der Waals surface area contributed by atoms with Crippen LogP contribution in [0.3, 0.4) is 0 Å². The smallest absolute Gasteiger partial charge is 0.0113 e. The van der Waals surface area contributed by atoms with Gasteiger partial charge >= 0.3 is 0 Å². The molecule has 0 amide bonds. The highest BCUT2D eigenvalue weighted by molar-refractivity contribution is 5.22. The third-order valence-corrected chi connectivity index (χ3v) is 3.24. The van der Waals surface area contributed by atoms with Crippen LogP contribution in [0.5, 0.6) is 0 Å². The molecule has 2 unspecified atom stereocenters. The molecule has 1 aliphatic carbocycles. The molecule has 0 N–H and O–H groups in total. The van der Waals surface area contributed by atoms with Crippen LogP contribution in [0.25, 0.3) is 0 Å². The van der Waals surface area contributed by atoms with Crippen LogP contribution in [0.4, 0.5) is 0 Å². The molecule has 0 nitrogen and oxygen atoms in total. The monoisotopic (exact) mass is 138 g/mol. The van der Waals surface area contributed by atoms with Gasteiger partial charge in [0.05, 0.1) is 0 Å². The van der Waals surface area contributed by atoms with Crippen molar-refractivity contribution in [2.24, 2.45) is 11.3 Å². The highest BCUT2D eigenvalue weighted by atomic mass is 14.5. The number of hydrogen-bond acceptors (Lipinski definition) is 0. The van der Waals surface area contributed by atoms with Gasteiger partial charge in [-0.1, -0.05) is 32.9 Å². The zero-order valence-electron chi connectivity index (χ0n) is 7.41. The summed E-state index contributed by atoms with van der Waals surface area (Å²) in [5, 5.41) is 0. The lowest BCUT2D eigenvalue weighted by atomic mass is 9.57. The first-order chi connectivity index (χ1) is 4.64. The van der Waals surface area contributed by atoms with Gasteiger partial charge in [0.2, 0.25) is 0 Å². The molecule has 0 heteroatoms. The van der Waals surface area contributed by atoms with Gasteiger partial charge in [0, 0.05) is 0 Å². The Morgan fingerprint density at radius 3 is 2.50 bits per heavy atom. The van der Waals surface area contributed by atoms with Crippen molar-refractivity contribution in [2.45, 2.75) is 40.0 Å². The van der Waals surface area contributed by atoms with Crippen LogP contribution >= 0.6 is 0 Å². The van der Waals surface area contributed by atoms with Gasteiger partial charge in [-0.05, 0) is 30.6 Å². The van der Waals surface area contributed by atoms with E-state index in [9.17, 15) is 0 Å². The van der Waals surface area contributed by atoms with E-state index in [0.29, 0.717) is 5.41 Å². The molecule has 10 heavy (non-hydrogen) atoms. The second-order valence-corrected chi connectivity index (χ2v) is 3.75. The van der Waals surface area contributed by atoms with E-state index in [1.54, 1.807) is 0 Å². The molecule has 58 valence electrons. The van der Waals surface area contributed by atoms with E-state index >= 15 is 0 Å². The van der Waals surface area contributed by atoms with E-state index in [1.807, 2.05) is 0 Å². The van der Waals surface area contributed by atoms with Crippen molar-refractivity contribution in [1.29, 1.82) is 0 Å². The van der Waals surface area contributed by atoms with Crippen LogP contribution in [-0.4, -0.2) is 0 Å². The van der Waals surface area contributed by atoms with Gasteiger partial charge in [-0.2, -0.15) is 0 Å². The predicted molar refractivity (Wildman–Crippen MR) is 45.9 cm³/mol. The van der Waals surface area contributed by atoms with Crippen LogP contribution in [-0.2, 0) is 0 Å². The third-order valence-electron chi connectivity index (χ3n) is 3.24. The topological polar surface area (TPSA) is 0 Å². The summed E-state index contributed by atoms with van der Waals surface area (Å²) in [7, 11) is 0. The first-order valence-corrected chi connectivity index (χ1v) is 4.33. The van der Waals surface area contributed by atoms with E-state index in [0.717, 1.165) is 5.92 Å². The lowest BCUT2D eigenvalue weighted by molar-refractivity contribution is 0.176. The molecule has 0 bridgehead atoms.